The van der Waals surface area contributed by atoms with Gasteiger partial charge in [0.15, 0.2) is 0 Å². The van der Waals surface area contributed by atoms with Crippen LogP contribution in [0.5, 0.6) is 0 Å². The number of fused-ring (bicyclic) bond motifs is 1. The van der Waals surface area contributed by atoms with Crippen LogP contribution in [0.4, 0.5) is 0 Å². The summed E-state index contributed by atoms with van der Waals surface area (Å²) < 4.78 is 3.51. The van der Waals surface area contributed by atoms with Crippen molar-refractivity contribution in [1.82, 2.24) is 0 Å². The van der Waals surface area contributed by atoms with E-state index < -0.39 is 0 Å². The quantitative estimate of drug-likeness (QED) is 0.730. The van der Waals surface area contributed by atoms with Crippen molar-refractivity contribution in [2.75, 3.05) is 0 Å². The molecule has 0 saturated heterocycles. The van der Waals surface area contributed by atoms with Crippen LogP contribution in [0.2, 0.25) is 4.34 Å². The summed E-state index contributed by atoms with van der Waals surface area (Å²) in [5.41, 5.74) is 6.24. The number of hydrogen-bond donors (Lipinski definition) is 1. The average Bonchev–Trinajstić information content (AvgIpc) is 2.92. The summed E-state index contributed by atoms with van der Waals surface area (Å²) in [6, 6.07) is 8.44. The van der Waals surface area contributed by atoms with Crippen LogP contribution in [0.15, 0.2) is 29.6 Å². The van der Waals surface area contributed by atoms with Crippen LogP contribution in [0.25, 0.3) is 9.40 Å². The van der Waals surface area contributed by atoms with Crippen LogP contribution >= 0.6 is 45.6 Å². The molecular formula is C12H10ClNS3. The third kappa shape index (κ3) is 2.41. The highest BCUT2D eigenvalue weighted by atomic mass is 35.5. The minimum absolute atomic E-state index is 0.0781. The highest BCUT2D eigenvalue weighted by molar-refractivity contribution is 7.27. The van der Waals surface area contributed by atoms with Gasteiger partial charge in [-0.2, -0.15) is 0 Å². The highest BCUT2D eigenvalue weighted by Crippen LogP contribution is 2.34. The van der Waals surface area contributed by atoms with Crippen molar-refractivity contribution >= 4 is 55.0 Å². The van der Waals surface area contributed by atoms with E-state index in [4.69, 9.17) is 17.3 Å². The molecule has 0 aliphatic heterocycles. The second-order valence-electron chi connectivity index (χ2n) is 3.81. The molecule has 0 bridgehead atoms. The molecule has 5 heteroatoms. The lowest BCUT2D eigenvalue weighted by Crippen LogP contribution is -2.10. The molecule has 2 N–H and O–H groups in total. The molecule has 3 aromatic heterocycles. The summed E-state index contributed by atoms with van der Waals surface area (Å²) in [6.07, 6.45) is 0.866. The molecule has 0 spiro atoms. The minimum atomic E-state index is 0.0781. The fraction of sp³-hybridized carbons (Fsp3) is 0.167. The van der Waals surface area contributed by atoms with Crippen LogP contribution in [-0.4, -0.2) is 0 Å². The van der Waals surface area contributed by atoms with Crippen molar-refractivity contribution in [2.24, 2.45) is 5.73 Å². The van der Waals surface area contributed by atoms with E-state index in [0.29, 0.717) is 0 Å². The number of nitrogens with two attached hydrogens (primary N) is 1. The minimum Gasteiger partial charge on any atom is -0.323 e. The lowest BCUT2D eigenvalue weighted by atomic mass is 10.1. The van der Waals surface area contributed by atoms with Crippen LogP contribution in [0.1, 0.15) is 15.8 Å². The molecule has 1 unspecified atom stereocenters. The van der Waals surface area contributed by atoms with Gasteiger partial charge in [0.2, 0.25) is 0 Å². The van der Waals surface area contributed by atoms with E-state index in [0.717, 1.165) is 10.8 Å². The molecule has 3 rings (SSSR count). The summed E-state index contributed by atoms with van der Waals surface area (Å²) in [5, 5.41) is 2.12. The van der Waals surface area contributed by atoms with Crippen LogP contribution in [-0.2, 0) is 6.42 Å². The van der Waals surface area contributed by atoms with E-state index in [1.54, 1.807) is 34.0 Å². The fourth-order valence-electron chi connectivity index (χ4n) is 1.75. The average molecular weight is 300 g/mol. The molecule has 0 aliphatic rings. The van der Waals surface area contributed by atoms with Crippen molar-refractivity contribution in [3.05, 3.63) is 43.7 Å². The summed E-state index contributed by atoms with van der Waals surface area (Å²) in [5.74, 6) is 0. The summed E-state index contributed by atoms with van der Waals surface area (Å²) in [6.45, 7) is 0. The molecular weight excluding hydrogens is 290 g/mol. The number of hydrogen-bond acceptors (Lipinski definition) is 4. The van der Waals surface area contributed by atoms with Gasteiger partial charge in [-0.05, 0) is 29.6 Å². The maximum absolute atomic E-state index is 6.24. The van der Waals surface area contributed by atoms with Crippen molar-refractivity contribution in [1.29, 1.82) is 0 Å². The Bertz CT molecular complexity index is 608. The van der Waals surface area contributed by atoms with Gasteiger partial charge < -0.3 is 5.73 Å². The Balaban J connectivity index is 1.82. The lowest BCUT2D eigenvalue weighted by molar-refractivity contribution is 0.746. The predicted octanol–water partition coefficient (Wildman–Crippen LogP) is 4.92. The first-order valence-corrected chi connectivity index (χ1v) is 8.08. The molecule has 0 saturated carbocycles. The van der Waals surface area contributed by atoms with Gasteiger partial charge in [0.1, 0.15) is 0 Å². The van der Waals surface area contributed by atoms with Gasteiger partial charge in [0.25, 0.3) is 0 Å². The van der Waals surface area contributed by atoms with Gasteiger partial charge >= 0.3 is 0 Å². The van der Waals surface area contributed by atoms with E-state index in [1.165, 1.54) is 19.2 Å². The van der Waals surface area contributed by atoms with E-state index in [-0.39, 0.29) is 6.04 Å². The summed E-state index contributed by atoms with van der Waals surface area (Å²) >= 11 is 11.1. The first kappa shape index (κ1) is 11.7. The highest BCUT2D eigenvalue weighted by Gasteiger charge is 2.12. The molecule has 0 aliphatic carbocycles. The van der Waals surface area contributed by atoms with E-state index in [9.17, 15) is 0 Å². The van der Waals surface area contributed by atoms with Crippen LogP contribution < -0.4 is 5.73 Å². The first-order valence-electron chi connectivity index (χ1n) is 5.19. The Hall–Kier alpha value is -0.390. The van der Waals surface area contributed by atoms with Gasteiger partial charge in [-0.3, -0.25) is 0 Å². The van der Waals surface area contributed by atoms with E-state index in [1.807, 2.05) is 6.07 Å². The molecule has 1 nitrogen and oxygen atoms in total. The van der Waals surface area contributed by atoms with Crippen molar-refractivity contribution in [3.8, 4) is 0 Å². The first-order chi connectivity index (χ1) is 8.22. The Morgan fingerprint density at radius 2 is 2.06 bits per heavy atom. The molecule has 1 atom stereocenters. The zero-order valence-electron chi connectivity index (χ0n) is 8.85. The normalized spacial score (nSPS) is 13.3. The number of thiophene rings is 3. The van der Waals surface area contributed by atoms with Crippen molar-refractivity contribution in [3.63, 3.8) is 0 Å². The second kappa shape index (κ2) is 4.71. The standard InChI is InChI=1S/C12H10ClNS3/c13-12-2-1-7(16-12)5-8(14)10-6-11-9(17-10)3-4-15-11/h1-4,6,8H,5,14H2. The van der Waals surface area contributed by atoms with Crippen molar-refractivity contribution in [2.45, 2.75) is 12.5 Å². The number of rotatable bonds is 3. The zero-order chi connectivity index (χ0) is 11.8. The molecule has 3 aromatic rings. The Labute approximate surface area is 116 Å². The Morgan fingerprint density at radius 1 is 1.18 bits per heavy atom. The largest absolute Gasteiger partial charge is 0.323 e. The Morgan fingerprint density at radius 3 is 2.76 bits per heavy atom. The molecule has 0 fully saturated rings. The topological polar surface area (TPSA) is 26.0 Å². The van der Waals surface area contributed by atoms with E-state index in [2.05, 4.69) is 23.6 Å². The van der Waals surface area contributed by atoms with Crippen LogP contribution in [0.3, 0.4) is 0 Å². The third-order valence-corrected chi connectivity index (χ3v) is 6.05. The molecule has 3 heterocycles. The molecule has 0 aromatic carbocycles. The predicted molar refractivity (Wildman–Crippen MR) is 79.7 cm³/mol. The monoisotopic (exact) mass is 299 g/mol. The maximum atomic E-state index is 6.24. The Kier molecular flexibility index (Phi) is 3.23. The maximum Gasteiger partial charge on any atom is 0.0931 e. The molecule has 17 heavy (non-hydrogen) atoms. The molecule has 0 radical (unpaired) electrons. The van der Waals surface area contributed by atoms with Gasteiger partial charge in [-0.15, -0.1) is 34.0 Å². The summed E-state index contributed by atoms with van der Waals surface area (Å²) in [4.78, 5) is 2.51. The second-order valence-corrected chi connectivity index (χ2v) is 7.68. The van der Waals surface area contributed by atoms with Gasteiger partial charge in [-0.25, -0.2) is 0 Å². The number of halogens is 1. The van der Waals surface area contributed by atoms with Gasteiger partial charge in [0.05, 0.1) is 4.34 Å². The molecule has 0 amide bonds. The SMILES string of the molecule is NC(Cc1ccc(Cl)s1)c1cc2sccc2s1. The van der Waals surface area contributed by atoms with Gasteiger partial charge in [0, 0.05) is 31.6 Å². The molecule has 88 valence electrons. The van der Waals surface area contributed by atoms with Crippen molar-refractivity contribution < 1.29 is 0 Å². The fourth-order valence-corrected chi connectivity index (χ4v) is 5.01. The zero-order valence-corrected chi connectivity index (χ0v) is 12.1. The van der Waals surface area contributed by atoms with Gasteiger partial charge in [-0.1, -0.05) is 11.6 Å². The van der Waals surface area contributed by atoms with Crippen LogP contribution in [0, 0.1) is 0 Å². The lowest BCUT2D eigenvalue weighted by Gasteiger charge is -2.06. The van der Waals surface area contributed by atoms with E-state index >= 15 is 0 Å². The smallest absolute Gasteiger partial charge is 0.0931 e. The summed E-state index contributed by atoms with van der Waals surface area (Å²) in [7, 11) is 0. The third-order valence-electron chi connectivity index (χ3n) is 2.57.